The first kappa shape index (κ1) is 21.0. The van der Waals surface area contributed by atoms with Crippen molar-refractivity contribution in [1.82, 2.24) is 9.97 Å². The maximum absolute atomic E-state index is 14.5. The van der Waals surface area contributed by atoms with Crippen molar-refractivity contribution in [3.8, 4) is 0 Å². The second kappa shape index (κ2) is 8.13. The zero-order valence-electron chi connectivity index (χ0n) is 16.1. The van der Waals surface area contributed by atoms with Gasteiger partial charge in [-0.25, -0.2) is 17.2 Å². The summed E-state index contributed by atoms with van der Waals surface area (Å²) in [6.07, 6.45) is 1.27. The summed E-state index contributed by atoms with van der Waals surface area (Å²) in [5, 5.41) is 0. The van der Waals surface area contributed by atoms with E-state index in [1.165, 1.54) is 48.7 Å². The van der Waals surface area contributed by atoms with Crippen LogP contribution in [0.2, 0.25) is 0 Å². The number of carbonyl (C=O) groups is 1. The third-order valence-corrected chi connectivity index (χ3v) is 5.88. The summed E-state index contributed by atoms with van der Waals surface area (Å²) in [4.78, 5) is 24.1. The van der Waals surface area contributed by atoms with E-state index in [1.54, 1.807) is 6.07 Å². The lowest BCUT2D eigenvalue weighted by Gasteiger charge is -2.11. The van der Waals surface area contributed by atoms with E-state index in [9.17, 15) is 22.0 Å². The van der Waals surface area contributed by atoms with Crippen LogP contribution in [0.5, 0.6) is 0 Å². The van der Waals surface area contributed by atoms with E-state index in [-0.39, 0.29) is 27.5 Å². The van der Waals surface area contributed by atoms with Crippen LogP contribution >= 0.6 is 0 Å². The Morgan fingerprint density at radius 3 is 2.47 bits per heavy atom. The molecule has 0 spiro atoms. The number of nitrogens with one attached hydrogen (secondary N) is 1. The standard InChI is InChI=1S/C22H12F2N4O3S/c1-25-20-12-26-18-8-7-13(9-19(18)27-20)22(29)16-10-14(11-17(23)21(16)24)28-32(30,31)15-5-3-2-4-6-15/h2-12,28H. The Kier molecular flexibility index (Phi) is 5.34. The van der Waals surface area contributed by atoms with Crippen molar-refractivity contribution in [2.75, 3.05) is 4.72 Å². The molecular formula is C22H12F2N4O3S. The van der Waals surface area contributed by atoms with Crippen LogP contribution in [0, 0.1) is 18.2 Å². The molecule has 0 aliphatic carbocycles. The number of carbonyl (C=O) groups excluding carboxylic acids is 1. The van der Waals surface area contributed by atoms with E-state index in [2.05, 4.69) is 19.5 Å². The molecule has 158 valence electrons. The Bertz CT molecular complexity index is 1520. The molecule has 32 heavy (non-hydrogen) atoms. The molecule has 0 atom stereocenters. The Morgan fingerprint density at radius 2 is 1.75 bits per heavy atom. The van der Waals surface area contributed by atoms with Crippen LogP contribution < -0.4 is 4.72 Å². The summed E-state index contributed by atoms with van der Waals surface area (Å²) in [6, 6.07) is 13.0. The van der Waals surface area contributed by atoms with Gasteiger partial charge in [0.1, 0.15) is 5.52 Å². The molecule has 0 aliphatic rings. The van der Waals surface area contributed by atoms with E-state index in [0.717, 1.165) is 6.07 Å². The van der Waals surface area contributed by atoms with Gasteiger partial charge in [-0.2, -0.15) is 0 Å². The van der Waals surface area contributed by atoms with Gasteiger partial charge in [0.15, 0.2) is 22.9 Å². The average molecular weight is 450 g/mol. The second-order valence-electron chi connectivity index (χ2n) is 6.61. The second-order valence-corrected chi connectivity index (χ2v) is 8.29. The van der Waals surface area contributed by atoms with Gasteiger partial charge < -0.3 is 4.85 Å². The van der Waals surface area contributed by atoms with Gasteiger partial charge in [-0.05, 0) is 30.3 Å². The van der Waals surface area contributed by atoms with Crippen LogP contribution in [0.1, 0.15) is 15.9 Å². The molecule has 1 N–H and O–H groups in total. The molecule has 7 nitrogen and oxygen atoms in total. The van der Waals surface area contributed by atoms with E-state index in [4.69, 9.17) is 6.57 Å². The molecule has 0 saturated heterocycles. The summed E-state index contributed by atoms with van der Waals surface area (Å²) < 4.78 is 55.9. The van der Waals surface area contributed by atoms with Crippen molar-refractivity contribution < 1.29 is 22.0 Å². The lowest BCUT2D eigenvalue weighted by atomic mass is 10.0. The third-order valence-electron chi connectivity index (χ3n) is 4.48. The van der Waals surface area contributed by atoms with Crippen molar-refractivity contribution in [3.05, 3.63) is 101 Å². The van der Waals surface area contributed by atoms with E-state index in [1.807, 2.05) is 0 Å². The predicted octanol–water partition coefficient (Wildman–Crippen LogP) is 4.49. The quantitative estimate of drug-likeness (QED) is 0.357. The molecule has 1 heterocycles. The van der Waals surface area contributed by atoms with Crippen molar-refractivity contribution in [3.63, 3.8) is 0 Å². The number of benzene rings is 3. The molecule has 0 aliphatic heterocycles. The Labute approximate surface area is 181 Å². The van der Waals surface area contributed by atoms with Gasteiger partial charge in [0.25, 0.3) is 15.8 Å². The first-order valence-electron chi connectivity index (χ1n) is 9.04. The van der Waals surface area contributed by atoms with Crippen LogP contribution in [0.4, 0.5) is 20.3 Å². The number of anilines is 1. The van der Waals surface area contributed by atoms with Crippen LogP contribution in [-0.2, 0) is 10.0 Å². The highest BCUT2D eigenvalue weighted by atomic mass is 32.2. The van der Waals surface area contributed by atoms with Crippen molar-refractivity contribution >= 4 is 38.3 Å². The first-order chi connectivity index (χ1) is 15.3. The molecule has 0 unspecified atom stereocenters. The van der Waals surface area contributed by atoms with Gasteiger partial charge in [-0.1, -0.05) is 24.8 Å². The Hall–Kier alpha value is -4.23. The number of ketones is 1. The maximum atomic E-state index is 14.5. The number of rotatable bonds is 5. The molecule has 0 bridgehead atoms. The molecule has 4 rings (SSSR count). The molecule has 3 aromatic carbocycles. The van der Waals surface area contributed by atoms with Crippen LogP contribution in [0.3, 0.4) is 0 Å². The van der Waals surface area contributed by atoms with Gasteiger partial charge in [0.05, 0.1) is 22.3 Å². The fourth-order valence-corrected chi connectivity index (χ4v) is 4.04. The third kappa shape index (κ3) is 4.01. The molecule has 4 aromatic rings. The Morgan fingerprint density at radius 1 is 1.00 bits per heavy atom. The maximum Gasteiger partial charge on any atom is 0.288 e. The van der Waals surface area contributed by atoms with Gasteiger partial charge in [0, 0.05) is 17.7 Å². The average Bonchev–Trinajstić information content (AvgIpc) is 2.80. The molecule has 0 fully saturated rings. The van der Waals surface area contributed by atoms with Crippen molar-refractivity contribution in [1.29, 1.82) is 0 Å². The van der Waals surface area contributed by atoms with Gasteiger partial charge in [-0.15, -0.1) is 4.98 Å². The summed E-state index contributed by atoms with van der Waals surface area (Å²) in [5.41, 5.74) is -0.372. The lowest BCUT2D eigenvalue weighted by molar-refractivity contribution is 0.103. The summed E-state index contributed by atoms with van der Waals surface area (Å²) in [6.45, 7) is 7.01. The zero-order chi connectivity index (χ0) is 22.9. The monoisotopic (exact) mass is 450 g/mol. The number of halogens is 2. The fourth-order valence-electron chi connectivity index (χ4n) is 2.98. The molecule has 0 radical (unpaired) electrons. The Balaban J connectivity index is 1.74. The van der Waals surface area contributed by atoms with Crippen LogP contribution in [-0.4, -0.2) is 24.2 Å². The van der Waals surface area contributed by atoms with Crippen LogP contribution in [0.15, 0.2) is 71.8 Å². The number of hydrogen-bond acceptors (Lipinski definition) is 5. The summed E-state index contributed by atoms with van der Waals surface area (Å²) in [5.74, 6) is -3.69. The number of hydrogen-bond donors (Lipinski definition) is 1. The molecular weight excluding hydrogens is 438 g/mol. The highest BCUT2D eigenvalue weighted by molar-refractivity contribution is 7.92. The van der Waals surface area contributed by atoms with Gasteiger partial charge in [-0.3, -0.25) is 14.5 Å². The minimum atomic E-state index is -4.08. The van der Waals surface area contributed by atoms with Gasteiger partial charge >= 0.3 is 0 Å². The first-order valence-corrected chi connectivity index (χ1v) is 10.5. The van der Waals surface area contributed by atoms with Crippen LogP contribution in [0.25, 0.3) is 15.9 Å². The number of fused-ring (bicyclic) bond motifs is 1. The number of aromatic nitrogens is 2. The minimum absolute atomic E-state index is 0.0108. The SMILES string of the molecule is [C-]#[N+]c1cnc2ccc(C(=O)c3cc(NS(=O)(=O)c4ccccc4)cc(F)c3F)cc2n1. The normalized spacial score (nSPS) is 11.2. The summed E-state index contributed by atoms with van der Waals surface area (Å²) in [7, 11) is -4.08. The number of sulfonamides is 1. The van der Waals surface area contributed by atoms with E-state index >= 15 is 0 Å². The molecule has 10 heteroatoms. The topological polar surface area (TPSA) is 93.4 Å². The van der Waals surface area contributed by atoms with E-state index < -0.39 is 33.0 Å². The largest absolute Gasteiger partial charge is 0.359 e. The minimum Gasteiger partial charge on any atom is -0.359 e. The molecule has 0 saturated carbocycles. The molecule has 0 amide bonds. The number of nitrogens with zero attached hydrogens (tertiary/aromatic N) is 3. The van der Waals surface area contributed by atoms with E-state index in [0.29, 0.717) is 11.6 Å². The van der Waals surface area contributed by atoms with Gasteiger partial charge in [0.2, 0.25) is 0 Å². The fraction of sp³-hybridized carbons (Fsp3) is 0. The van der Waals surface area contributed by atoms with Crippen molar-refractivity contribution in [2.24, 2.45) is 0 Å². The van der Waals surface area contributed by atoms with Crippen molar-refractivity contribution in [2.45, 2.75) is 4.90 Å². The lowest BCUT2D eigenvalue weighted by Crippen LogP contribution is -2.14. The smallest absolute Gasteiger partial charge is 0.288 e. The zero-order valence-corrected chi connectivity index (χ0v) is 16.9. The highest BCUT2D eigenvalue weighted by Crippen LogP contribution is 2.25. The summed E-state index contributed by atoms with van der Waals surface area (Å²) >= 11 is 0. The highest BCUT2D eigenvalue weighted by Gasteiger charge is 2.22. The predicted molar refractivity (Wildman–Crippen MR) is 113 cm³/mol. The molecule has 1 aromatic heterocycles.